The molecule has 0 aromatic carbocycles. The fourth-order valence-corrected chi connectivity index (χ4v) is 1.48. The van der Waals surface area contributed by atoms with E-state index in [0.717, 1.165) is 13.0 Å². The van der Waals surface area contributed by atoms with Crippen molar-refractivity contribution in [2.45, 2.75) is 33.2 Å². The topological polar surface area (TPSA) is 72.2 Å². The van der Waals surface area contributed by atoms with Gasteiger partial charge in [-0.25, -0.2) is 0 Å². The SMILES string of the molecule is CCCn1cc(C(=O)C(C)CC(=O)O)cn1. The number of aryl methyl sites for hydroxylation is 1. The molecule has 16 heavy (non-hydrogen) atoms. The highest BCUT2D eigenvalue weighted by atomic mass is 16.4. The van der Waals surface area contributed by atoms with Crippen molar-refractivity contribution in [3.05, 3.63) is 18.0 Å². The maximum Gasteiger partial charge on any atom is 0.304 e. The number of Topliss-reactive ketones (excluding diaryl/α,β-unsaturated/α-hetero) is 1. The van der Waals surface area contributed by atoms with Crippen molar-refractivity contribution in [2.24, 2.45) is 5.92 Å². The minimum atomic E-state index is -0.957. The van der Waals surface area contributed by atoms with Crippen LogP contribution in [0.25, 0.3) is 0 Å². The molecule has 1 unspecified atom stereocenters. The van der Waals surface area contributed by atoms with E-state index in [4.69, 9.17) is 5.11 Å². The van der Waals surface area contributed by atoms with Crippen LogP contribution in [-0.4, -0.2) is 26.6 Å². The summed E-state index contributed by atoms with van der Waals surface area (Å²) in [5, 5.41) is 12.6. The molecule has 1 N–H and O–H groups in total. The molecule has 1 heterocycles. The summed E-state index contributed by atoms with van der Waals surface area (Å²) in [4.78, 5) is 22.3. The summed E-state index contributed by atoms with van der Waals surface area (Å²) in [5.41, 5.74) is 0.488. The van der Waals surface area contributed by atoms with Gasteiger partial charge in [-0.05, 0) is 6.42 Å². The fourth-order valence-electron chi connectivity index (χ4n) is 1.48. The first kappa shape index (κ1) is 12.4. The van der Waals surface area contributed by atoms with Gasteiger partial charge < -0.3 is 5.11 Å². The maximum absolute atomic E-state index is 11.8. The molecule has 0 saturated heterocycles. The summed E-state index contributed by atoms with van der Waals surface area (Å²) < 4.78 is 1.70. The second-order valence-corrected chi connectivity index (χ2v) is 3.86. The fraction of sp³-hybridized carbons (Fsp3) is 0.545. The second kappa shape index (κ2) is 5.44. The molecule has 5 heteroatoms. The predicted molar refractivity (Wildman–Crippen MR) is 58.3 cm³/mol. The summed E-state index contributed by atoms with van der Waals surface area (Å²) in [7, 11) is 0. The van der Waals surface area contributed by atoms with E-state index in [1.165, 1.54) is 6.20 Å². The van der Waals surface area contributed by atoms with Crippen LogP contribution in [0, 0.1) is 5.92 Å². The van der Waals surface area contributed by atoms with Crippen LogP contribution < -0.4 is 0 Å². The molecule has 1 aromatic rings. The summed E-state index contributed by atoms with van der Waals surface area (Å²) in [6.07, 6.45) is 3.97. The van der Waals surface area contributed by atoms with Gasteiger partial charge >= 0.3 is 5.97 Å². The number of carbonyl (C=O) groups excluding carboxylic acids is 1. The first-order valence-electron chi connectivity index (χ1n) is 5.33. The number of hydrogen-bond donors (Lipinski definition) is 1. The van der Waals surface area contributed by atoms with Crippen molar-refractivity contribution < 1.29 is 14.7 Å². The van der Waals surface area contributed by atoms with E-state index < -0.39 is 11.9 Å². The van der Waals surface area contributed by atoms with E-state index in [2.05, 4.69) is 5.10 Å². The zero-order chi connectivity index (χ0) is 12.1. The molecule has 0 radical (unpaired) electrons. The lowest BCUT2D eigenvalue weighted by Gasteiger charge is -2.04. The Morgan fingerprint density at radius 1 is 1.56 bits per heavy atom. The van der Waals surface area contributed by atoms with E-state index in [1.807, 2.05) is 6.92 Å². The lowest BCUT2D eigenvalue weighted by Crippen LogP contribution is -2.14. The van der Waals surface area contributed by atoms with Crippen molar-refractivity contribution >= 4 is 11.8 Å². The molecule has 0 bridgehead atoms. The highest BCUT2D eigenvalue weighted by Gasteiger charge is 2.19. The number of ketones is 1. The Balaban J connectivity index is 2.68. The van der Waals surface area contributed by atoms with E-state index in [9.17, 15) is 9.59 Å². The molecule has 0 fully saturated rings. The lowest BCUT2D eigenvalue weighted by molar-refractivity contribution is -0.137. The van der Waals surface area contributed by atoms with Gasteiger partial charge in [-0.2, -0.15) is 5.10 Å². The van der Waals surface area contributed by atoms with Gasteiger partial charge in [0, 0.05) is 18.7 Å². The van der Waals surface area contributed by atoms with Crippen molar-refractivity contribution in [1.82, 2.24) is 9.78 Å². The van der Waals surface area contributed by atoms with E-state index >= 15 is 0 Å². The smallest absolute Gasteiger partial charge is 0.304 e. The molecule has 5 nitrogen and oxygen atoms in total. The molecule has 0 aliphatic carbocycles. The zero-order valence-electron chi connectivity index (χ0n) is 9.51. The number of rotatable bonds is 6. The molecule has 1 rings (SSSR count). The number of hydrogen-bond acceptors (Lipinski definition) is 3. The van der Waals surface area contributed by atoms with E-state index in [-0.39, 0.29) is 12.2 Å². The van der Waals surface area contributed by atoms with Gasteiger partial charge in [-0.15, -0.1) is 0 Å². The van der Waals surface area contributed by atoms with Gasteiger partial charge in [0.05, 0.1) is 18.2 Å². The average Bonchev–Trinajstić information content (AvgIpc) is 2.64. The van der Waals surface area contributed by atoms with Crippen LogP contribution in [0.4, 0.5) is 0 Å². The lowest BCUT2D eigenvalue weighted by atomic mass is 9.99. The van der Waals surface area contributed by atoms with Gasteiger partial charge in [-0.1, -0.05) is 13.8 Å². The third-order valence-electron chi connectivity index (χ3n) is 2.30. The van der Waals surface area contributed by atoms with Crippen molar-refractivity contribution in [2.75, 3.05) is 0 Å². The molecule has 0 aliphatic rings. The first-order chi connectivity index (χ1) is 7.54. The van der Waals surface area contributed by atoms with Gasteiger partial charge in [0.1, 0.15) is 0 Å². The second-order valence-electron chi connectivity index (χ2n) is 3.86. The molecule has 1 atom stereocenters. The highest BCUT2D eigenvalue weighted by Crippen LogP contribution is 2.11. The normalized spacial score (nSPS) is 12.4. The Morgan fingerprint density at radius 2 is 2.25 bits per heavy atom. The minimum absolute atomic E-state index is 0.141. The zero-order valence-corrected chi connectivity index (χ0v) is 9.51. The van der Waals surface area contributed by atoms with E-state index in [0.29, 0.717) is 5.56 Å². The Morgan fingerprint density at radius 3 is 2.81 bits per heavy atom. The van der Waals surface area contributed by atoms with Crippen LogP contribution in [-0.2, 0) is 11.3 Å². The molecule has 0 amide bonds. The molecule has 0 aliphatic heterocycles. The number of aromatic nitrogens is 2. The van der Waals surface area contributed by atoms with Crippen molar-refractivity contribution in [3.8, 4) is 0 Å². The number of carboxylic acids is 1. The Kier molecular flexibility index (Phi) is 4.22. The average molecular weight is 224 g/mol. The third kappa shape index (κ3) is 3.18. The Hall–Kier alpha value is -1.65. The number of aliphatic carboxylic acids is 1. The molecule has 1 aromatic heterocycles. The van der Waals surface area contributed by atoms with Gasteiger partial charge in [0.15, 0.2) is 5.78 Å². The van der Waals surface area contributed by atoms with Gasteiger partial charge in [-0.3, -0.25) is 14.3 Å². The molecule has 0 spiro atoms. The van der Waals surface area contributed by atoms with Crippen LogP contribution in [0.2, 0.25) is 0 Å². The summed E-state index contributed by atoms with van der Waals surface area (Å²) in [6.45, 7) is 4.41. The Labute approximate surface area is 94.1 Å². The van der Waals surface area contributed by atoms with Crippen molar-refractivity contribution in [3.63, 3.8) is 0 Å². The third-order valence-corrected chi connectivity index (χ3v) is 2.30. The number of carbonyl (C=O) groups is 2. The van der Waals surface area contributed by atoms with Gasteiger partial charge in [0.25, 0.3) is 0 Å². The van der Waals surface area contributed by atoms with Crippen molar-refractivity contribution in [1.29, 1.82) is 0 Å². The molecule has 88 valence electrons. The van der Waals surface area contributed by atoms with E-state index in [1.54, 1.807) is 17.8 Å². The minimum Gasteiger partial charge on any atom is -0.481 e. The summed E-state index contributed by atoms with van der Waals surface area (Å²) >= 11 is 0. The highest BCUT2D eigenvalue weighted by molar-refractivity contribution is 5.98. The molecule has 0 saturated carbocycles. The van der Waals surface area contributed by atoms with Crippen LogP contribution >= 0.6 is 0 Å². The first-order valence-corrected chi connectivity index (χ1v) is 5.33. The quantitative estimate of drug-likeness (QED) is 0.745. The van der Waals surface area contributed by atoms with Crippen LogP contribution in [0.15, 0.2) is 12.4 Å². The summed E-state index contributed by atoms with van der Waals surface area (Å²) in [5.74, 6) is -1.62. The predicted octanol–water partition coefficient (Wildman–Crippen LogP) is 1.59. The van der Waals surface area contributed by atoms with Crippen LogP contribution in [0.5, 0.6) is 0 Å². The molecular weight excluding hydrogens is 208 g/mol. The maximum atomic E-state index is 11.8. The Bertz CT molecular complexity index is 384. The number of nitrogens with zero attached hydrogens (tertiary/aromatic N) is 2. The largest absolute Gasteiger partial charge is 0.481 e. The van der Waals surface area contributed by atoms with Crippen LogP contribution in [0.1, 0.15) is 37.0 Å². The number of carboxylic acid groups (broad SMARTS) is 1. The standard InChI is InChI=1S/C11H16N2O3/c1-3-4-13-7-9(6-12-13)11(16)8(2)5-10(14)15/h6-8H,3-5H2,1-2H3,(H,14,15). The monoisotopic (exact) mass is 224 g/mol. The van der Waals surface area contributed by atoms with Gasteiger partial charge in [0.2, 0.25) is 0 Å². The summed E-state index contributed by atoms with van der Waals surface area (Å²) in [6, 6.07) is 0. The van der Waals surface area contributed by atoms with Crippen LogP contribution in [0.3, 0.4) is 0 Å². The molecular formula is C11H16N2O3.